The van der Waals surface area contributed by atoms with Gasteiger partial charge in [0, 0.05) is 55.8 Å². The molecule has 5 heterocycles. The summed E-state index contributed by atoms with van der Waals surface area (Å²) in [6.07, 6.45) is 5.12. The zero-order valence-electron chi connectivity index (χ0n) is 27.4. The number of piperidine rings is 1. The van der Waals surface area contributed by atoms with Crippen molar-refractivity contribution in [1.29, 1.82) is 0 Å². The molecule has 4 aliphatic heterocycles. The van der Waals surface area contributed by atoms with Gasteiger partial charge in [0.2, 0.25) is 5.91 Å². The number of aromatic nitrogens is 3. The number of benzene rings is 2. The van der Waals surface area contributed by atoms with E-state index in [0.717, 1.165) is 41.5 Å². The van der Waals surface area contributed by atoms with Crippen molar-refractivity contribution in [1.82, 2.24) is 24.6 Å². The fourth-order valence-corrected chi connectivity index (χ4v) is 9.65. The highest BCUT2D eigenvalue weighted by Crippen LogP contribution is 2.56. The molecule has 2 unspecified atom stereocenters. The number of carbonyl (C=O) groups excluding carboxylic acids is 1. The molecule has 8 rings (SSSR count). The predicted molar refractivity (Wildman–Crippen MR) is 172 cm³/mol. The van der Waals surface area contributed by atoms with Gasteiger partial charge in [-0.2, -0.15) is 5.10 Å². The topological polar surface area (TPSA) is 72.7 Å². The van der Waals surface area contributed by atoms with E-state index in [-0.39, 0.29) is 36.0 Å². The molecular formula is C36H42ClF2N5O3. The largest absolute Gasteiger partial charge is 0.375 e. The van der Waals surface area contributed by atoms with E-state index in [1.165, 1.54) is 12.1 Å². The second kappa shape index (κ2) is 11.3. The summed E-state index contributed by atoms with van der Waals surface area (Å²) in [6.45, 7) is 8.88. The van der Waals surface area contributed by atoms with Crippen molar-refractivity contribution in [2.45, 2.75) is 94.1 Å². The summed E-state index contributed by atoms with van der Waals surface area (Å²) in [5, 5.41) is 5.02. The lowest BCUT2D eigenvalue weighted by atomic mass is 9.78. The van der Waals surface area contributed by atoms with Crippen LogP contribution in [0, 0.1) is 24.5 Å². The Kier molecular flexibility index (Phi) is 7.55. The lowest BCUT2D eigenvalue weighted by molar-refractivity contribution is -0.151. The number of aryl methyl sites for hydroxylation is 2. The fourth-order valence-electron chi connectivity index (χ4n) is 9.49. The summed E-state index contributed by atoms with van der Waals surface area (Å²) in [4.78, 5) is 23.5. The number of nitrogens with zero attached hydrogens (tertiary/aromatic N) is 5. The molecule has 1 spiro atoms. The molecule has 8 nitrogen and oxygen atoms in total. The van der Waals surface area contributed by atoms with Crippen LogP contribution >= 0.6 is 11.6 Å². The van der Waals surface area contributed by atoms with Gasteiger partial charge in [0.1, 0.15) is 23.8 Å². The first-order valence-electron chi connectivity index (χ1n) is 16.9. The van der Waals surface area contributed by atoms with Gasteiger partial charge >= 0.3 is 0 Å². The van der Waals surface area contributed by atoms with Crippen molar-refractivity contribution in [3.8, 4) is 0 Å². The minimum absolute atomic E-state index is 0.0489. The van der Waals surface area contributed by atoms with Crippen LogP contribution in [0.3, 0.4) is 0 Å². The zero-order valence-corrected chi connectivity index (χ0v) is 28.1. The van der Waals surface area contributed by atoms with Crippen LogP contribution in [-0.4, -0.2) is 74.9 Å². The Bertz CT molecular complexity index is 1720. The summed E-state index contributed by atoms with van der Waals surface area (Å²) in [6, 6.07) is 8.50. The second-order valence-corrected chi connectivity index (χ2v) is 15.4. The molecule has 0 N–H and O–H groups in total. The van der Waals surface area contributed by atoms with Crippen molar-refractivity contribution < 1.29 is 23.0 Å². The molecule has 250 valence electrons. The Labute approximate surface area is 279 Å². The molecule has 5 aliphatic rings. The summed E-state index contributed by atoms with van der Waals surface area (Å²) >= 11 is 6.72. The fraction of sp³-hybridized carbons (Fsp3) is 0.583. The second-order valence-electron chi connectivity index (χ2n) is 15.0. The molecule has 1 aromatic heterocycles. The van der Waals surface area contributed by atoms with Gasteiger partial charge in [0.05, 0.1) is 29.8 Å². The van der Waals surface area contributed by atoms with Crippen LogP contribution < -0.4 is 0 Å². The third-order valence-electron chi connectivity index (χ3n) is 11.9. The standard InChI is InChI=1S/C36H42ClF2N5O3/c1-20-11-28-29(16-30(20)37)36(47-32(28)35(2,3)34-40-19-41-42(34)4)7-9-43(10-8-36)33(45)27-15-22(44-17-24-13-23(44)18-46-24)14-26(27)25-6-5-21(38)12-31(25)39/h5-6,11-12,16,19,22-24,26-27,32H,7-10,13-15,17-18H2,1-4H3/t22-,23+,24?,26+,27?,32+/m1/s1. The van der Waals surface area contributed by atoms with E-state index in [2.05, 4.69) is 41.0 Å². The zero-order chi connectivity index (χ0) is 32.8. The van der Waals surface area contributed by atoms with Crippen molar-refractivity contribution in [3.05, 3.63) is 81.4 Å². The normalized spacial score (nSPS) is 30.1. The average Bonchev–Trinajstić information content (AvgIpc) is 3.88. The number of ether oxygens (including phenoxy) is 2. The first-order chi connectivity index (χ1) is 22.4. The monoisotopic (exact) mass is 665 g/mol. The summed E-state index contributed by atoms with van der Waals surface area (Å²) in [5.41, 5.74) is 2.54. The molecule has 47 heavy (non-hydrogen) atoms. The van der Waals surface area contributed by atoms with Crippen LogP contribution in [0.15, 0.2) is 36.7 Å². The molecule has 3 saturated heterocycles. The minimum atomic E-state index is -0.605. The molecule has 0 radical (unpaired) electrons. The van der Waals surface area contributed by atoms with E-state index in [9.17, 15) is 9.18 Å². The Morgan fingerprint density at radius 2 is 1.85 bits per heavy atom. The van der Waals surface area contributed by atoms with Crippen LogP contribution in [0.4, 0.5) is 8.78 Å². The van der Waals surface area contributed by atoms with E-state index >= 15 is 4.39 Å². The maximum absolute atomic E-state index is 15.3. The Morgan fingerprint density at radius 1 is 1.06 bits per heavy atom. The summed E-state index contributed by atoms with van der Waals surface area (Å²) in [5.74, 6) is -0.994. The van der Waals surface area contributed by atoms with Gasteiger partial charge in [0.15, 0.2) is 0 Å². The van der Waals surface area contributed by atoms with Crippen LogP contribution in [0.1, 0.15) is 86.1 Å². The molecule has 11 heteroatoms. The third-order valence-corrected chi connectivity index (χ3v) is 12.3. The molecule has 2 aromatic carbocycles. The third kappa shape index (κ3) is 5.04. The van der Waals surface area contributed by atoms with E-state index in [4.69, 9.17) is 21.1 Å². The Balaban J connectivity index is 1.06. The quantitative estimate of drug-likeness (QED) is 0.335. The van der Waals surface area contributed by atoms with Gasteiger partial charge in [-0.1, -0.05) is 23.7 Å². The smallest absolute Gasteiger partial charge is 0.226 e. The first-order valence-corrected chi connectivity index (χ1v) is 17.3. The molecule has 3 aromatic rings. The SMILES string of the molecule is Cc1cc2c(cc1Cl)C1(CCN(C(=O)C3C[C@H](N4CC5C[C@H]4CO5)C[C@H]3c3ccc(F)cc3F)CC1)O[C@@H]2C(C)(C)c1ncnn1C. The molecule has 1 amide bonds. The van der Waals surface area contributed by atoms with Gasteiger partial charge in [-0.15, -0.1) is 0 Å². The lowest BCUT2D eigenvalue weighted by Crippen LogP contribution is -2.48. The van der Waals surface area contributed by atoms with Crippen molar-refractivity contribution in [2.75, 3.05) is 26.2 Å². The molecular weight excluding hydrogens is 624 g/mol. The number of likely N-dealkylation sites (tertiary alicyclic amines) is 2. The number of amides is 1. The van der Waals surface area contributed by atoms with Gasteiger partial charge in [0.25, 0.3) is 0 Å². The Hall–Kier alpha value is -2.92. The van der Waals surface area contributed by atoms with Gasteiger partial charge in [-0.05, 0) is 93.2 Å². The lowest BCUT2D eigenvalue weighted by Gasteiger charge is -2.42. The van der Waals surface area contributed by atoms with Gasteiger partial charge in [-0.25, -0.2) is 13.8 Å². The number of fused-ring (bicyclic) bond motifs is 4. The number of hydrogen-bond donors (Lipinski definition) is 0. The van der Waals surface area contributed by atoms with E-state index in [1.54, 1.807) is 11.0 Å². The van der Waals surface area contributed by atoms with Gasteiger partial charge < -0.3 is 14.4 Å². The Morgan fingerprint density at radius 3 is 2.51 bits per heavy atom. The van der Waals surface area contributed by atoms with Gasteiger partial charge in [-0.3, -0.25) is 14.4 Å². The van der Waals surface area contributed by atoms with E-state index < -0.39 is 22.7 Å². The number of hydrogen-bond acceptors (Lipinski definition) is 6. The molecule has 1 aliphatic carbocycles. The molecule has 4 fully saturated rings. The number of halogens is 3. The highest BCUT2D eigenvalue weighted by atomic mass is 35.5. The van der Waals surface area contributed by atoms with Crippen LogP contribution in [0.2, 0.25) is 5.02 Å². The number of morpholine rings is 1. The maximum Gasteiger partial charge on any atom is 0.226 e. The van der Waals surface area contributed by atoms with Crippen molar-refractivity contribution in [3.63, 3.8) is 0 Å². The number of carbonyl (C=O) groups is 1. The first kappa shape index (κ1) is 31.4. The van der Waals surface area contributed by atoms with Crippen molar-refractivity contribution >= 4 is 17.5 Å². The van der Waals surface area contributed by atoms with Crippen molar-refractivity contribution in [2.24, 2.45) is 13.0 Å². The summed E-state index contributed by atoms with van der Waals surface area (Å²) in [7, 11) is 1.90. The maximum atomic E-state index is 15.3. The summed E-state index contributed by atoms with van der Waals surface area (Å²) < 4.78 is 44.0. The number of rotatable bonds is 5. The van der Waals surface area contributed by atoms with E-state index in [1.807, 2.05) is 18.9 Å². The van der Waals surface area contributed by atoms with Crippen LogP contribution in [-0.2, 0) is 32.3 Å². The van der Waals surface area contributed by atoms with Crippen LogP contribution in [0.25, 0.3) is 0 Å². The molecule has 6 atom stereocenters. The van der Waals surface area contributed by atoms with Crippen LogP contribution in [0.5, 0.6) is 0 Å². The molecule has 2 bridgehead atoms. The predicted octanol–water partition coefficient (Wildman–Crippen LogP) is 5.96. The molecule has 1 saturated carbocycles. The highest BCUT2D eigenvalue weighted by Gasteiger charge is 2.54. The van der Waals surface area contributed by atoms with E-state index in [0.29, 0.717) is 62.0 Å². The average molecular weight is 666 g/mol. The highest BCUT2D eigenvalue weighted by molar-refractivity contribution is 6.31. The minimum Gasteiger partial charge on any atom is -0.375 e.